The summed E-state index contributed by atoms with van der Waals surface area (Å²) < 4.78 is 16.9. The highest BCUT2D eigenvalue weighted by Gasteiger charge is 2.56. The number of rotatable bonds is 1. The van der Waals surface area contributed by atoms with E-state index in [1.165, 1.54) is 27.0 Å². The zero-order valence-corrected chi connectivity index (χ0v) is 14.7. The van der Waals surface area contributed by atoms with Gasteiger partial charge in [-0.25, -0.2) is 4.79 Å². The number of fused-ring (bicyclic) bond motifs is 2. The Balaban J connectivity index is 2.30. The molecular formula is C18H20O7. The Kier molecular flexibility index (Phi) is 3.89. The van der Waals surface area contributed by atoms with Gasteiger partial charge < -0.3 is 24.4 Å². The molecule has 0 aromatic heterocycles. The van der Waals surface area contributed by atoms with Gasteiger partial charge in [-0.15, -0.1) is 0 Å². The van der Waals surface area contributed by atoms with Crippen LogP contribution in [-0.2, 0) is 14.3 Å². The van der Waals surface area contributed by atoms with E-state index in [9.17, 15) is 19.8 Å². The minimum atomic E-state index is -1.48. The number of aliphatic hydroxyl groups is 1. The van der Waals surface area contributed by atoms with Crippen LogP contribution < -0.4 is 4.74 Å². The number of aromatic hydroxyl groups is 1. The van der Waals surface area contributed by atoms with Crippen LogP contribution in [0, 0.1) is 13.8 Å². The quantitative estimate of drug-likeness (QED) is 0.742. The van der Waals surface area contributed by atoms with E-state index in [-0.39, 0.29) is 28.4 Å². The maximum absolute atomic E-state index is 12.6. The predicted molar refractivity (Wildman–Crippen MR) is 86.5 cm³/mol. The van der Waals surface area contributed by atoms with E-state index in [2.05, 4.69) is 0 Å². The van der Waals surface area contributed by atoms with Gasteiger partial charge in [-0.3, -0.25) is 4.79 Å². The number of Topliss-reactive ketones (excluding diaryl/α,β-unsaturated/α-hetero) is 1. The van der Waals surface area contributed by atoms with Gasteiger partial charge in [-0.1, -0.05) is 0 Å². The Morgan fingerprint density at radius 3 is 2.48 bits per heavy atom. The Labute approximate surface area is 144 Å². The zero-order chi connectivity index (χ0) is 18.7. The smallest absolute Gasteiger partial charge is 0.347 e. The van der Waals surface area contributed by atoms with Gasteiger partial charge in [-0.2, -0.15) is 0 Å². The molecular weight excluding hydrogens is 328 g/mol. The summed E-state index contributed by atoms with van der Waals surface area (Å²) in [6.07, 6.45) is -2.51. The van der Waals surface area contributed by atoms with Crippen LogP contribution in [0.3, 0.4) is 0 Å². The van der Waals surface area contributed by atoms with Crippen molar-refractivity contribution in [2.24, 2.45) is 0 Å². The maximum atomic E-state index is 12.6. The summed E-state index contributed by atoms with van der Waals surface area (Å²) in [6.45, 7) is 6.23. The van der Waals surface area contributed by atoms with Crippen LogP contribution in [0.25, 0.3) is 0 Å². The van der Waals surface area contributed by atoms with Crippen molar-refractivity contribution >= 4 is 11.8 Å². The number of hydrogen-bond acceptors (Lipinski definition) is 7. The molecule has 3 rings (SSSR count). The summed E-state index contributed by atoms with van der Waals surface area (Å²) >= 11 is 0. The third kappa shape index (κ3) is 2.26. The van der Waals surface area contributed by atoms with Crippen LogP contribution in [0.4, 0.5) is 0 Å². The van der Waals surface area contributed by atoms with Gasteiger partial charge in [0.25, 0.3) is 0 Å². The highest BCUT2D eigenvalue weighted by Crippen LogP contribution is 2.44. The fraction of sp³-hybridized carbons (Fsp3) is 0.444. The van der Waals surface area contributed by atoms with Gasteiger partial charge in [0.15, 0.2) is 17.6 Å². The van der Waals surface area contributed by atoms with Crippen LogP contribution in [0.2, 0.25) is 0 Å². The first-order valence-electron chi connectivity index (χ1n) is 7.83. The molecule has 0 saturated heterocycles. The summed E-state index contributed by atoms with van der Waals surface area (Å²) in [7, 11) is 1.34. The van der Waals surface area contributed by atoms with E-state index >= 15 is 0 Å². The minimum Gasteiger partial charge on any atom is -0.508 e. The van der Waals surface area contributed by atoms with E-state index in [0.29, 0.717) is 11.1 Å². The fourth-order valence-electron chi connectivity index (χ4n) is 3.24. The molecule has 134 valence electrons. The number of methoxy groups -OCH3 is 1. The zero-order valence-electron chi connectivity index (χ0n) is 14.7. The number of phenolic OH excluding ortho intramolecular Hbond substituents is 1. The molecule has 0 bridgehead atoms. The molecule has 0 saturated carbocycles. The van der Waals surface area contributed by atoms with E-state index < -0.39 is 29.6 Å². The second kappa shape index (κ2) is 5.57. The van der Waals surface area contributed by atoms with E-state index in [1.807, 2.05) is 0 Å². The van der Waals surface area contributed by atoms with E-state index in [1.54, 1.807) is 13.8 Å². The number of carbonyl (C=O) groups is 2. The fourth-order valence-corrected chi connectivity index (χ4v) is 3.24. The lowest BCUT2D eigenvalue weighted by atomic mass is 9.79. The second-order valence-corrected chi connectivity index (χ2v) is 6.57. The number of phenols is 1. The first kappa shape index (κ1) is 17.4. The van der Waals surface area contributed by atoms with Crippen LogP contribution in [0.1, 0.15) is 35.3 Å². The number of esters is 1. The molecule has 2 aliphatic rings. The van der Waals surface area contributed by atoms with Crippen LogP contribution in [0.15, 0.2) is 17.4 Å². The Morgan fingerprint density at radius 1 is 1.24 bits per heavy atom. The number of carbonyl (C=O) groups excluding carboxylic acids is 2. The third-order valence-corrected chi connectivity index (χ3v) is 5.07. The molecule has 1 aromatic rings. The Bertz CT molecular complexity index is 823. The largest absolute Gasteiger partial charge is 0.508 e. The van der Waals surface area contributed by atoms with Crippen molar-refractivity contribution in [2.45, 2.75) is 45.5 Å². The lowest BCUT2D eigenvalue weighted by Crippen LogP contribution is -2.60. The molecule has 3 atom stereocenters. The molecule has 1 aliphatic heterocycles. The summed E-state index contributed by atoms with van der Waals surface area (Å²) in [5, 5.41) is 20.5. The van der Waals surface area contributed by atoms with Gasteiger partial charge in [0.1, 0.15) is 28.8 Å². The minimum absolute atomic E-state index is 0.0131. The molecule has 7 heteroatoms. The molecule has 1 aromatic carbocycles. The van der Waals surface area contributed by atoms with E-state index in [0.717, 1.165) is 0 Å². The normalized spacial score (nSPS) is 28.7. The topological polar surface area (TPSA) is 102 Å². The monoisotopic (exact) mass is 348 g/mol. The molecule has 0 radical (unpaired) electrons. The molecule has 0 fully saturated rings. The summed E-state index contributed by atoms with van der Waals surface area (Å²) in [5.74, 6) is -1.14. The molecule has 7 nitrogen and oxygen atoms in total. The van der Waals surface area contributed by atoms with Crippen molar-refractivity contribution in [3.63, 3.8) is 0 Å². The highest BCUT2D eigenvalue weighted by atomic mass is 16.6. The van der Waals surface area contributed by atoms with Crippen LogP contribution in [-0.4, -0.2) is 46.9 Å². The number of ether oxygens (including phenoxy) is 3. The molecule has 2 N–H and O–H groups in total. The first-order valence-corrected chi connectivity index (χ1v) is 7.83. The third-order valence-electron chi connectivity index (χ3n) is 5.07. The van der Waals surface area contributed by atoms with Crippen molar-refractivity contribution in [3.8, 4) is 11.5 Å². The molecule has 1 aliphatic carbocycles. The van der Waals surface area contributed by atoms with Gasteiger partial charge in [0.2, 0.25) is 0 Å². The average molecular weight is 348 g/mol. The number of aliphatic hydroxyl groups excluding tert-OH is 1. The Morgan fingerprint density at radius 2 is 1.88 bits per heavy atom. The van der Waals surface area contributed by atoms with Crippen molar-refractivity contribution < 1.29 is 34.0 Å². The van der Waals surface area contributed by atoms with Crippen molar-refractivity contribution in [1.29, 1.82) is 0 Å². The van der Waals surface area contributed by atoms with Gasteiger partial charge in [0, 0.05) is 18.2 Å². The lowest BCUT2D eigenvalue weighted by Gasteiger charge is -2.42. The number of ketones is 1. The molecule has 0 amide bonds. The summed E-state index contributed by atoms with van der Waals surface area (Å²) in [6, 6.07) is 1.45. The summed E-state index contributed by atoms with van der Waals surface area (Å²) in [4.78, 5) is 25.0. The molecule has 3 unspecified atom stereocenters. The van der Waals surface area contributed by atoms with Crippen molar-refractivity contribution in [3.05, 3.63) is 34.1 Å². The summed E-state index contributed by atoms with van der Waals surface area (Å²) in [5.41, 5.74) is -0.343. The Hall–Kier alpha value is -2.38. The number of hydrogen-bond donors (Lipinski definition) is 2. The van der Waals surface area contributed by atoms with Gasteiger partial charge in [-0.05, 0) is 39.3 Å². The van der Waals surface area contributed by atoms with Crippen molar-refractivity contribution in [1.82, 2.24) is 0 Å². The first-order chi connectivity index (χ1) is 11.6. The SMILES string of the molecule is COC1(C)C(O)C(=O)C(C)=C2OC(=O)c3c(C)cc(O)c(C)c3OC21. The second-order valence-electron chi connectivity index (χ2n) is 6.57. The molecule has 1 heterocycles. The highest BCUT2D eigenvalue weighted by molar-refractivity contribution is 6.03. The van der Waals surface area contributed by atoms with Crippen LogP contribution >= 0.6 is 0 Å². The van der Waals surface area contributed by atoms with Crippen molar-refractivity contribution in [2.75, 3.05) is 7.11 Å². The predicted octanol–water partition coefficient (Wildman–Crippen LogP) is 1.55. The lowest BCUT2D eigenvalue weighted by molar-refractivity contribution is -0.166. The average Bonchev–Trinajstić information content (AvgIpc) is 2.73. The molecule has 0 spiro atoms. The van der Waals surface area contributed by atoms with Gasteiger partial charge in [0.05, 0.1) is 0 Å². The molecule has 25 heavy (non-hydrogen) atoms. The van der Waals surface area contributed by atoms with E-state index in [4.69, 9.17) is 14.2 Å². The standard InChI is InChI=1S/C18H20O7/c1-7-6-10(19)8(2)13-11(7)17(22)25-14-9(3)12(20)15(21)18(4,23-5)16(14)24-13/h6,15-16,19,21H,1-5H3. The maximum Gasteiger partial charge on any atom is 0.347 e. The van der Waals surface area contributed by atoms with Crippen LogP contribution in [0.5, 0.6) is 11.5 Å². The van der Waals surface area contributed by atoms with Gasteiger partial charge >= 0.3 is 5.97 Å². The number of benzene rings is 1. The number of aryl methyl sites for hydroxylation is 1.